The second-order valence-corrected chi connectivity index (χ2v) is 8.35. The second-order valence-electron chi connectivity index (χ2n) is 8.35. The van der Waals surface area contributed by atoms with Crippen LogP contribution in [-0.4, -0.2) is 47.0 Å². The van der Waals surface area contributed by atoms with Gasteiger partial charge in [0.1, 0.15) is 11.6 Å². The van der Waals surface area contributed by atoms with Crippen LogP contribution in [0, 0.1) is 5.92 Å². The number of nitrogens with one attached hydrogen (secondary N) is 2. The molecule has 1 aliphatic rings. The molecule has 0 aliphatic carbocycles. The molecule has 2 heterocycles. The summed E-state index contributed by atoms with van der Waals surface area (Å²) in [5, 5.41) is 15.6. The lowest BCUT2D eigenvalue weighted by Crippen LogP contribution is -2.38. The molecule has 7 nitrogen and oxygen atoms in total. The molecule has 1 atom stereocenters. The predicted octanol–water partition coefficient (Wildman–Crippen LogP) is 3.96. The molecule has 1 unspecified atom stereocenters. The Morgan fingerprint density at radius 3 is 2.81 bits per heavy atom. The molecule has 178 valence electrons. The van der Waals surface area contributed by atoms with E-state index in [2.05, 4.69) is 51.4 Å². The van der Waals surface area contributed by atoms with Crippen molar-refractivity contribution < 1.29 is 4.74 Å². The van der Waals surface area contributed by atoms with E-state index in [9.17, 15) is 0 Å². The predicted molar refractivity (Wildman–Crippen MR) is 141 cm³/mol. The number of guanidine groups is 1. The van der Waals surface area contributed by atoms with Crippen molar-refractivity contribution in [3.8, 4) is 0 Å². The number of halogens is 1. The van der Waals surface area contributed by atoms with Crippen LogP contribution in [-0.2, 0) is 30.7 Å². The highest BCUT2D eigenvalue weighted by Crippen LogP contribution is 2.15. The average molecular weight is 555 g/mol. The zero-order chi connectivity index (χ0) is 21.7. The van der Waals surface area contributed by atoms with Crippen molar-refractivity contribution in [1.82, 2.24) is 25.4 Å². The Kier molecular flexibility index (Phi) is 12.6. The van der Waals surface area contributed by atoms with Crippen LogP contribution in [0.25, 0.3) is 0 Å². The summed E-state index contributed by atoms with van der Waals surface area (Å²) < 4.78 is 8.18. The maximum absolute atomic E-state index is 5.84. The smallest absolute Gasteiger partial charge is 0.191 e. The lowest BCUT2D eigenvalue weighted by atomic mass is 10.2. The van der Waals surface area contributed by atoms with Gasteiger partial charge in [0.05, 0.1) is 13.2 Å². The molecular weight excluding hydrogens is 515 g/mol. The van der Waals surface area contributed by atoms with Crippen molar-refractivity contribution in [3.05, 3.63) is 47.5 Å². The fraction of sp³-hybridized carbons (Fsp3) is 0.625. The van der Waals surface area contributed by atoms with E-state index in [1.807, 2.05) is 18.2 Å². The van der Waals surface area contributed by atoms with Crippen LogP contribution in [0.2, 0.25) is 0 Å². The van der Waals surface area contributed by atoms with E-state index in [4.69, 9.17) is 9.73 Å². The van der Waals surface area contributed by atoms with Gasteiger partial charge in [0.25, 0.3) is 0 Å². The molecule has 3 rings (SSSR count). The number of aromatic nitrogens is 3. The molecular formula is C24H39IN6O. The largest absolute Gasteiger partial charge is 0.376 e. The van der Waals surface area contributed by atoms with Crippen LogP contribution < -0.4 is 10.6 Å². The highest BCUT2D eigenvalue weighted by atomic mass is 127. The van der Waals surface area contributed by atoms with Crippen molar-refractivity contribution in [3.63, 3.8) is 0 Å². The molecule has 0 spiro atoms. The summed E-state index contributed by atoms with van der Waals surface area (Å²) in [6.45, 7) is 9.15. The van der Waals surface area contributed by atoms with Crippen molar-refractivity contribution in [2.45, 2.75) is 65.5 Å². The summed E-state index contributed by atoms with van der Waals surface area (Å²) in [5.41, 5.74) is 1.21. The van der Waals surface area contributed by atoms with E-state index < -0.39 is 0 Å². The summed E-state index contributed by atoms with van der Waals surface area (Å²) in [6.07, 6.45) is 6.79. The Balaban J connectivity index is 0.00000363. The maximum Gasteiger partial charge on any atom is 0.191 e. The molecule has 1 aromatic heterocycles. The minimum absolute atomic E-state index is 0. The van der Waals surface area contributed by atoms with Crippen molar-refractivity contribution in [2.75, 3.05) is 26.2 Å². The van der Waals surface area contributed by atoms with Gasteiger partial charge < -0.3 is 19.9 Å². The van der Waals surface area contributed by atoms with Crippen molar-refractivity contribution in [1.29, 1.82) is 0 Å². The molecule has 1 aliphatic heterocycles. The molecule has 0 bridgehead atoms. The van der Waals surface area contributed by atoms with Gasteiger partial charge in [0.15, 0.2) is 5.96 Å². The summed E-state index contributed by atoms with van der Waals surface area (Å²) in [4.78, 5) is 4.74. The van der Waals surface area contributed by atoms with Gasteiger partial charge in [-0.2, -0.15) is 0 Å². The quantitative estimate of drug-likeness (QED) is 0.190. The summed E-state index contributed by atoms with van der Waals surface area (Å²) >= 11 is 0. The van der Waals surface area contributed by atoms with Gasteiger partial charge in [-0.1, -0.05) is 43.7 Å². The maximum atomic E-state index is 5.84. The number of fused-ring (bicyclic) bond motifs is 1. The highest BCUT2D eigenvalue weighted by Gasteiger charge is 2.14. The third kappa shape index (κ3) is 9.05. The van der Waals surface area contributed by atoms with Gasteiger partial charge in [-0.05, 0) is 37.7 Å². The molecule has 1 aromatic carbocycles. The van der Waals surface area contributed by atoms with Crippen molar-refractivity contribution >= 4 is 29.9 Å². The second kappa shape index (κ2) is 15.2. The van der Waals surface area contributed by atoms with E-state index >= 15 is 0 Å². The minimum atomic E-state index is 0. The van der Waals surface area contributed by atoms with Crippen LogP contribution in [0.3, 0.4) is 0 Å². The Bertz CT molecular complexity index is 795. The number of nitrogens with zero attached hydrogens (tertiary/aromatic N) is 4. The Morgan fingerprint density at radius 2 is 2.00 bits per heavy atom. The molecule has 0 saturated carbocycles. The third-order valence-corrected chi connectivity index (χ3v) is 5.47. The Morgan fingerprint density at radius 1 is 1.16 bits per heavy atom. The number of benzene rings is 1. The van der Waals surface area contributed by atoms with E-state index in [1.165, 1.54) is 30.7 Å². The van der Waals surface area contributed by atoms with Crippen LogP contribution in [0.4, 0.5) is 0 Å². The molecule has 2 N–H and O–H groups in total. The van der Waals surface area contributed by atoms with Crippen LogP contribution in [0.1, 0.15) is 56.7 Å². The van der Waals surface area contributed by atoms with Crippen LogP contribution in [0.5, 0.6) is 0 Å². The summed E-state index contributed by atoms with van der Waals surface area (Å²) in [5.74, 6) is 3.53. The lowest BCUT2D eigenvalue weighted by molar-refractivity contribution is 0.0945. The standard InChI is InChI=1S/C24H38N6O.HI/c1-3-25-24(27-17-20(2)18-31-19-21-11-6-4-7-12-21)26-15-10-14-23-29-28-22-13-8-5-9-16-30(22)23;/h4,6-7,11-12,20H,3,5,8-10,13-19H2,1-2H3,(H2,25,26,27);1H. The zero-order valence-corrected chi connectivity index (χ0v) is 21.9. The molecule has 2 aromatic rings. The molecule has 0 fully saturated rings. The summed E-state index contributed by atoms with van der Waals surface area (Å²) in [7, 11) is 0. The van der Waals surface area contributed by atoms with E-state index in [-0.39, 0.29) is 24.0 Å². The Hall–Kier alpha value is -1.68. The van der Waals surface area contributed by atoms with Gasteiger partial charge in [-0.3, -0.25) is 4.99 Å². The van der Waals surface area contributed by atoms with E-state index in [0.29, 0.717) is 19.1 Å². The fourth-order valence-corrected chi connectivity index (χ4v) is 3.78. The van der Waals surface area contributed by atoms with Gasteiger partial charge in [-0.25, -0.2) is 0 Å². The first-order chi connectivity index (χ1) is 15.3. The minimum Gasteiger partial charge on any atom is -0.376 e. The Labute approximate surface area is 209 Å². The SMILES string of the molecule is CCNC(=NCC(C)COCc1ccccc1)NCCCc1nnc2n1CCCCC2.I. The topological polar surface area (TPSA) is 76.4 Å². The number of ether oxygens (including phenoxy) is 1. The molecule has 32 heavy (non-hydrogen) atoms. The van der Waals surface area contributed by atoms with Gasteiger partial charge >= 0.3 is 0 Å². The van der Waals surface area contributed by atoms with E-state index in [1.54, 1.807) is 0 Å². The van der Waals surface area contributed by atoms with Gasteiger partial charge in [-0.15, -0.1) is 34.2 Å². The first-order valence-corrected chi connectivity index (χ1v) is 11.8. The molecule has 0 amide bonds. The number of aliphatic imine (C=N–C) groups is 1. The fourth-order valence-electron chi connectivity index (χ4n) is 3.78. The number of hydrogen-bond acceptors (Lipinski definition) is 4. The van der Waals surface area contributed by atoms with Crippen LogP contribution >= 0.6 is 24.0 Å². The monoisotopic (exact) mass is 554 g/mol. The highest BCUT2D eigenvalue weighted by molar-refractivity contribution is 14.0. The first kappa shape index (κ1) is 26.6. The number of aryl methyl sites for hydroxylation is 2. The van der Waals surface area contributed by atoms with Gasteiger partial charge in [0.2, 0.25) is 0 Å². The van der Waals surface area contributed by atoms with Crippen LogP contribution in [0.15, 0.2) is 35.3 Å². The lowest BCUT2D eigenvalue weighted by Gasteiger charge is -2.14. The summed E-state index contributed by atoms with van der Waals surface area (Å²) in [6, 6.07) is 10.3. The van der Waals surface area contributed by atoms with E-state index in [0.717, 1.165) is 57.2 Å². The van der Waals surface area contributed by atoms with Gasteiger partial charge in [0, 0.05) is 39.0 Å². The molecule has 0 saturated heterocycles. The number of hydrogen-bond donors (Lipinski definition) is 2. The normalized spacial score (nSPS) is 14.8. The number of rotatable bonds is 11. The third-order valence-electron chi connectivity index (χ3n) is 5.47. The molecule has 8 heteroatoms. The average Bonchev–Trinajstić information content (AvgIpc) is 3.01. The molecule has 0 radical (unpaired) electrons. The first-order valence-electron chi connectivity index (χ1n) is 11.8. The zero-order valence-electron chi connectivity index (χ0n) is 19.6. The van der Waals surface area contributed by atoms with Crippen molar-refractivity contribution in [2.24, 2.45) is 10.9 Å².